The number of aliphatic hydroxyl groups excluding tert-OH is 1. The first-order chi connectivity index (χ1) is 8.58. The van der Waals surface area contributed by atoms with E-state index in [9.17, 15) is 14.7 Å². The Balaban J connectivity index is 2.54. The minimum Gasteiger partial charge on any atom is -0.463 e. The lowest BCUT2D eigenvalue weighted by Gasteiger charge is -2.34. The molecular formula is C12H20O6. The summed E-state index contributed by atoms with van der Waals surface area (Å²) in [6.07, 6.45) is -1.24. The minimum atomic E-state index is -0.778. The summed E-state index contributed by atoms with van der Waals surface area (Å²) in [5.74, 6) is -0.754. The minimum absolute atomic E-state index is 0.00854. The van der Waals surface area contributed by atoms with Crippen LogP contribution in [0.2, 0.25) is 0 Å². The van der Waals surface area contributed by atoms with E-state index >= 15 is 0 Å². The molecule has 1 saturated heterocycles. The lowest BCUT2D eigenvalue weighted by Crippen LogP contribution is -2.49. The third-order valence-corrected chi connectivity index (χ3v) is 2.74. The van der Waals surface area contributed by atoms with Gasteiger partial charge in [-0.2, -0.15) is 0 Å². The summed E-state index contributed by atoms with van der Waals surface area (Å²) in [4.78, 5) is 22.3. The van der Waals surface area contributed by atoms with Crippen molar-refractivity contribution in [2.24, 2.45) is 0 Å². The van der Waals surface area contributed by atoms with E-state index in [0.29, 0.717) is 13.0 Å². The molecule has 1 heterocycles. The summed E-state index contributed by atoms with van der Waals surface area (Å²) in [5.41, 5.74) is 0. The maximum absolute atomic E-state index is 11.3. The van der Waals surface area contributed by atoms with E-state index in [1.54, 1.807) is 13.8 Å². The second-order valence-electron chi connectivity index (χ2n) is 4.11. The van der Waals surface area contributed by atoms with Crippen LogP contribution in [0.25, 0.3) is 0 Å². The van der Waals surface area contributed by atoms with Crippen molar-refractivity contribution in [2.75, 3.05) is 13.2 Å². The van der Waals surface area contributed by atoms with E-state index < -0.39 is 24.3 Å². The highest BCUT2D eigenvalue weighted by atomic mass is 16.6. The molecule has 18 heavy (non-hydrogen) atoms. The van der Waals surface area contributed by atoms with Gasteiger partial charge < -0.3 is 19.3 Å². The zero-order valence-corrected chi connectivity index (χ0v) is 10.8. The van der Waals surface area contributed by atoms with Gasteiger partial charge >= 0.3 is 11.9 Å². The summed E-state index contributed by atoms with van der Waals surface area (Å²) >= 11 is 0. The molecule has 0 spiro atoms. The molecule has 0 aromatic rings. The third-order valence-electron chi connectivity index (χ3n) is 2.74. The predicted molar refractivity (Wildman–Crippen MR) is 61.8 cm³/mol. The number of esters is 2. The van der Waals surface area contributed by atoms with E-state index in [1.165, 1.54) is 0 Å². The normalized spacial score (nSPS) is 27.6. The SMILES string of the molecule is CCC(=O)OCC1OCCC(O)C1OC(=O)CC. The van der Waals surface area contributed by atoms with Gasteiger partial charge in [-0.25, -0.2) is 0 Å². The zero-order chi connectivity index (χ0) is 13.5. The molecule has 0 amide bonds. The fourth-order valence-electron chi connectivity index (χ4n) is 1.66. The van der Waals surface area contributed by atoms with Gasteiger partial charge in [-0.3, -0.25) is 9.59 Å². The van der Waals surface area contributed by atoms with Crippen LogP contribution in [0.1, 0.15) is 33.1 Å². The Morgan fingerprint density at radius 2 is 1.94 bits per heavy atom. The summed E-state index contributed by atoms with van der Waals surface area (Å²) in [6.45, 7) is 3.71. The Bertz CT molecular complexity index is 290. The van der Waals surface area contributed by atoms with E-state index in [2.05, 4.69) is 0 Å². The molecule has 1 N–H and O–H groups in total. The second-order valence-corrected chi connectivity index (χ2v) is 4.11. The van der Waals surface area contributed by atoms with Crippen LogP contribution < -0.4 is 0 Å². The van der Waals surface area contributed by atoms with Gasteiger partial charge in [0, 0.05) is 25.9 Å². The summed E-state index contributed by atoms with van der Waals surface area (Å²) in [6, 6.07) is 0. The number of aliphatic hydroxyl groups is 1. The fraction of sp³-hybridized carbons (Fsp3) is 0.833. The van der Waals surface area contributed by atoms with Crippen LogP contribution in [-0.4, -0.2) is 48.6 Å². The molecule has 0 aliphatic carbocycles. The summed E-state index contributed by atoms with van der Waals surface area (Å²) in [5, 5.41) is 9.81. The van der Waals surface area contributed by atoms with Crippen LogP contribution in [0.4, 0.5) is 0 Å². The Morgan fingerprint density at radius 1 is 1.28 bits per heavy atom. The van der Waals surface area contributed by atoms with Crippen LogP contribution in [0.15, 0.2) is 0 Å². The topological polar surface area (TPSA) is 82.1 Å². The molecule has 0 aromatic carbocycles. The zero-order valence-electron chi connectivity index (χ0n) is 10.8. The highest BCUT2D eigenvalue weighted by molar-refractivity contribution is 5.69. The number of hydrogen-bond acceptors (Lipinski definition) is 6. The molecular weight excluding hydrogens is 240 g/mol. The number of ether oxygens (including phenoxy) is 3. The molecule has 1 aliphatic rings. The van der Waals surface area contributed by atoms with Crippen molar-refractivity contribution < 1.29 is 28.9 Å². The smallest absolute Gasteiger partial charge is 0.305 e. The van der Waals surface area contributed by atoms with E-state index in [-0.39, 0.29) is 25.4 Å². The van der Waals surface area contributed by atoms with Gasteiger partial charge in [0.1, 0.15) is 12.7 Å². The molecule has 1 rings (SSSR count). The molecule has 104 valence electrons. The Morgan fingerprint density at radius 3 is 2.56 bits per heavy atom. The molecule has 0 bridgehead atoms. The van der Waals surface area contributed by atoms with Crippen molar-refractivity contribution >= 4 is 11.9 Å². The Labute approximate surface area is 106 Å². The fourth-order valence-corrected chi connectivity index (χ4v) is 1.66. The van der Waals surface area contributed by atoms with Crippen LogP contribution in [0, 0.1) is 0 Å². The first-order valence-corrected chi connectivity index (χ1v) is 6.23. The molecule has 0 saturated carbocycles. The summed E-state index contributed by atoms with van der Waals surface area (Å²) in [7, 11) is 0. The molecule has 0 aromatic heterocycles. The average molecular weight is 260 g/mol. The monoisotopic (exact) mass is 260 g/mol. The lowest BCUT2D eigenvalue weighted by molar-refractivity contribution is -0.191. The molecule has 6 heteroatoms. The first-order valence-electron chi connectivity index (χ1n) is 6.23. The van der Waals surface area contributed by atoms with Crippen molar-refractivity contribution in [3.05, 3.63) is 0 Å². The largest absolute Gasteiger partial charge is 0.463 e. The highest BCUT2D eigenvalue weighted by Crippen LogP contribution is 2.19. The standard InChI is InChI=1S/C12H20O6/c1-3-10(14)17-7-9-12(18-11(15)4-2)8(13)5-6-16-9/h8-9,12-13H,3-7H2,1-2H3. The van der Waals surface area contributed by atoms with E-state index in [0.717, 1.165) is 0 Å². The van der Waals surface area contributed by atoms with E-state index in [4.69, 9.17) is 14.2 Å². The predicted octanol–water partition coefficient (Wildman–Crippen LogP) is 0.411. The lowest BCUT2D eigenvalue weighted by atomic mass is 10.0. The highest BCUT2D eigenvalue weighted by Gasteiger charge is 2.36. The maximum Gasteiger partial charge on any atom is 0.305 e. The molecule has 1 fully saturated rings. The van der Waals surface area contributed by atoms with Crippen molar-refractivity contribution in [1.29, 1.82) is 0 Å². The van der Waals surface area contributed by atoms with Gasteiger partial charge in [0.2, 0.25) is 0 Å². The number of rotatable bonds is 5. The molecule has 0 radical (unpaired) electrons. The molecule has 3 unspecified atom stereocenters. The van der Waals surface area contributed by atoms with Gasteiger partial charge in [-0.05, 0) is 0 Å². The van der Waals surface area contributed by atoms with Gasteiger partial charge in [-0.1, -0.05) is 13.8 Å². The Kier molecular flexibility index (Phi) is 6.07. The average Bonchev–Trinajstić information content (AvgIpc) is 2.38. The van der Waals surface area contributed by atoms with Crippen molar-refractivity contribution in [3.8, 4) is 0 Å². The molecule has 3 atom stereocenters. The van der Waals surface area contributed by atoms with Gasteiger partial charge in [0.25, 0.3) is 0 Å². The van der Waals surface area contributed by atoms with Crippen LogP contribution >= 0.6 is 0 Å². The number of carbonyl (C=O) groups is 2. The van der Waals surface area contributed by atoms with E-state index in [1.807, 2.05) is 0 Å². The van der Waals surface area contributed by atoms with Crippen molar-refractivity contribution in [3.63, 3.8) is 0 Å². The molecule has 6 nitrogen and oxygen atoms in total. The van der Waals surface area contributed by atoms with Crippen LogP contribution in [0.5, 0.6) is 0 Å². The first kappa shape index (κ1) is 14.9. The Hall–Kier alpha value is -1.14. The number of carbonyl (C=O) groups excluding carboxylic acids is 2. The quantitative estimate of drug-likeness (QED) is 0.721. The van der Waals surface area contributed by atoms with Crippen molar-refractivity contribution in [2.45, 2.75) is 51.4 Å². The van der Waals surface area contributed by atoms with Crippen LogP contribution in [-0.2, 0) is 23.8 Å². The van der Waals surface area contributed by atoms with Crippen molar-refractivity contribution in [1.82, 2.24) is 0 Å². The maximum atomic E-state index is 11.3. The summed E-state index contributed by atoms with van der Waals surface area (Å²) < 4.78 is 15.5. The third kappa shape index (κ3) is 4.27. The number of hydrogen-bond donors (Lipinski definition) is 1. The van der Waals surface area contributed by atoms with Gasteiger partial charge in [0.05, 0.1) is 6.10 Å². The second kappa shape index (κ2) is 7.33. The van der Waals surface area contributed by atoms with Gasteiger partial charge in [-0.15, -0.1) is 0 Å². The van der Waals surface area contributed by atoms with Crippen LogP contribution in [0.3, 0.4) is 0 Å². The molecule has 1 aliphatic heterocycles. The van der Waals surface area contributed by atoms with Gasteiger partial charge in [0.15, 0.2) is 6.10 Å².